The highest BCUT2D eigenvalue weighted by Gasteiger charge is 2.15. The highest BCUT2D eigenvalue weighted by Crippen LogP contribution is 2.24. The Morgan fingerprint density at radius 3 is 2.23 bits per heavy atom. The van der Waals surface area contributed by atoms with Gasteiger partial charge in [0.1, 0.15) is 11.5 Å². The molecule has 1 heterocycles. The Balaban J connectivity index is 1.44. The third-order valence-electron chi connectivity index (χ3n) is 4.14. The van der Waals surface area contributed by atoms with Gasteiger partial charge in [-0.25, -0.2) is 5.43 Å². The van der Waals surface area contributed by atoms with Crippen molar-refractivity contribution in [3.63, 3.8) is 0 Å². The van der Waals surface area contributed by atoms with Crippen molar-refractivity contribution in [1.29, 1.82) is 0 Å². The van der Waals surface area contributed by atoms with Gasteiger partial charge < -0.3 is 20.4 Å². The molecular weight excluding hydrogens is 521 g/mol. The van der Waals surface area contributed by atoms with Gasteiger partial charge in [0.05, 0.1) is 22.8 Å². The molecule has 10 nitrogen and oxygen atoms in total. The first-order valence-corrected chi connectivity index (χ1v) is 10.9. The molecule has 0 atom stereocenters. The van der Waals surface area contributed by atoms with E-state index in [0.717, 1.165) is 6.21 Å². The highest BCUT2D eigenvalue weighted by molar-refractivity contribution is 6.43. The number of amides is 4. The summed E-state index contributed by atoms with van der Waals surface area (Å²) in [6, 6.07) is 13.7. The molecule has 2 aromatic carbocycles. The van der Waals surface area contributed by atoms with Gasteiger partial charge in [-0.05, 0) is 48.5 Å². The molecule has 180 valence electrons. The molecule has 0 unspecified atom stereocenters. The van der Waals surface area contributed by atoms with Gasteiger partial charge in [0, 0.05) is 16.4 Å². The average Bonchev–Trinajstić information content (AvgIpc) is 3.27. The quantitative estimate of drug-likeness (QED) is 0.216. The molecule has 4 amide bonds. The van der Waals surface area contributed by atoms with E-state index in [1.54, 1.807) is 18.2 Å². The van der Waals surface area contributed by atoms with E-state index >= 15 is 0 Å². The van der Waals surface area contributed by atoms with Crippen LogP contribution in [0, 0.1) is 0 Å². The fraction of sp³-hybridized carbons (Fsp3) is 0.0455. The number of carbonyl (C=O) groups excluding carboxylic acids is 4. The van der Waals surface area contributed by atoms with Crippen molar-refractivity contribution in [1.82, 2.24) is 10.7 Å². The molecule has 0 radical (unpaired) electrons. The van der Waals surface area contributed by atoms with Gasteiger partial charge in [0.2, 0.25) is 0 Å². The van der Waals surface area contributed by atoms with Crippen LogP contribution in [0.1, 0.15) is 11.5 Å². The van der Waals surface area contributed by atoms with Crippen molar-refractivity contribution in [2.75, 3.05) is 10.6 Å². The molecule has 0 aliphatic rings. The number of nitrogens with zero attached hydrogens (tertiary/aromatic N) is 1. The van der Waals surface area contributed by atoms with Gasteiger partial charge in [-0.2, -0.15) is 5.10 Å². The Kier molecular flexibility index (Phi) is 8.85. The standard InChI is InChI=1S/C22H16Cl3N5O5/c23-12-2-1-3-13(8-12)28-21(33)22(34)30-27-11-16-6-5-15(35-16)10-26-19(31)20(32)29-14-4-7-17(24)18(25)9-14/h1-9,11H,10H2,(H,26,31)(H,28,33)(H,29,32)(H,30,34)/b27-11+. The second-order valence-electron chi connectivity index (χ2n) is 6.73. The summed E-state index contributed by atoms with van der Waals surface area (Å²) >= 11 is 17.5. The second-order valence-corrected chi connectivity index (χ2v) is 7.98. The highest BCUT2D eigenvalue weighted by atomic mass is 35.5. The van der Waals surface area contributed by atoms with Gasteiger partial charge in [-0.3, -0.25) is 19.2 Å². The van der Waals surface area contributed by atoms with E-state index in [-0.39, 0.29) is 17.3 Å². The van der Waals surface area contributed by atoms with Gasteiger partial charge >= 0.3 is 23.6 Å². The molecule has 0 fully saturated rings. The van der Waals surface area contributed by atoms with Gasteiger partial charge in [0.15, 0.2) is 0 Å². The van der Waals surface area contributed by atoms with Crippen LogP contribution >= 0.6 is 34.8 Å². The van der Waals surface area contributed by atoms with Crippen molar-refractivity contribution < 1.29 is 23.6 Å². The van der Waals surface area contributed by atoms with Crippen molar-refractivity contribution in [3.05, 3.63) is 81.2 Å². The number of furan rings is 1. The fourth-order valence-electron chi connectivity index (χ4n) is 2.53. The van der Waals surface area contributed by atoms with E-state index in [9.17, 15) is 19.2 Å². The summed E-state index contributed by atoms with van der Waals surface area (Å²) in [6.45, 7) is -0.0874. The van der Waals surface area contributed by atoms with E-state index in [1.807, 2.05) is 0 Å². The molecule has 3 rings (SSSR count). The SMILES string of the molecule is O=C(NCc1ccc(/C=N/NC(=O)C(=O)Nc2cccc(Cl)c2)o1)C(=O)Nc1ccc(Cl)c(Cl)c1. The minimum atomic E-state index is -1.01. The maximum atomic E-state index is 12.0. The van der Waals surface area contributed by atoms with Crippen molar-refractivity contribution in [3.8, 4) is 0 Å². The molecule has 35 heavy (non-hydrogen) atoms. The number of nitrogens with one attached hydrogen (secondary N) is 4. The molecule has 0 spiro atoms. The van der Waals surface area contributed by atoms with Crippen LogP contribution in [0.3, 0.4) is 0 Å². The van der Waals surface area contributed by atoms with Crippen LogP contribution in [0.15, 0.2) is 64.1 Å². The zero-order chi connectivity index (χ0) is 25.4. The summed E-state index contributed by atoms with van der Waals surface area (Å²) in [5.41, 5.74) is 2.71. The zero-order valence-electron chi connectivity index (χ0n) is 17.6. The maximum Gasteiger partial charge on any atom is 0.329 e. The Morgan fingerprint density at radius 2 is 1.51 bits per heavy atom. The Labute approximate surface area is 213 Å². The summed E-state index contributed by atoms with van der Waals surface area (Å²) in [6.07, 6.45) is 1.16. The number of hydrazone groups is 1. The molecule has 13 heteroatoms. The van der Waals surface area contributed by atoms with Crippen LogP contribution < -0.4 is 21.4 Å². The number of anilines is 2. The first kappa shape index (κ1) is 25.8. The largest absolute Gasteiger partial charge is 0.458 e. The monoisotopic (exact) mass is 535 g/mol. The zero-order valence-corrected chi connectivity index (χ0v) is 19.9. The Bertz CT molecular complexity index is 1310. The third kappa shape index (κ3) is 7.85. The number of hydrogen-bond donors (Lipinski definition) is 4. The molecule has 1 aromatic heterocycles. The van der Waals surface area contributed by atoms with Gasteiger partial charge in [-0.1, -0.05) is 40.9 Å². The summed E-state index contributed by atoms with van der Waals surface area (Å²) in [5, 5.41) is 11.7. The fourth-order valence-corrected chi connectivity index (χ4v) is 3.02. The molecule has 4 N–H and O–H groups in total. The van der Waals surface area contributed by atoms with Crippen LogP contribution in [0.2, 0.25) is 15.1 Å². The first-order valence-electron chi connectivity index (χ1n) is 9.74. The predicted molar refractivity (Wildman–Crippen MR) is 131 cm³/mol. The van der Waals surface area contributed by atoms with Gasteiger partial charge in [0.25, 0.3) is 0 Å². The summed E-state index contributed by atoms with van der Waals surface area (Å²) in [5.74, 6) is -3.21. The van der Waals surface area contributed by atoms with E-state index in [1.165, 1.54) is 36.4 Å². The van der Waals surface area contributed by atoms with Crippen molar-refractivity contribution in [2.24, 2.45) is 5.10 Å². The second kappa shape index (κ2) is 12.0. The molecule has 0 bridgehead atoms. The van der Waals surface area contributed by atoms with Crippen molar-refractivity contribution >= 4 is 76.0 Å². The smallest absolute Gasteiger partial charge is 0.329 e. The van der Waals surface area contributed by atoms with E-state index in [0.29, 0.717) is 27.2 Å². The molecule has 3 aromatic rings. The van der Waals surface area contributed by atoms with E-state index in [2.05, 4.69) is 26.5 Å². The number of hydrogen-bond acceptors (Lipinski definition) is 6. The minimum Gasteiger partial charge on any atom is -0.458 e. The topological polar surface area (TPSA) is 142 Å². The summed E-state index contributed by atoms with van der Waals surface area (Å²) < 4.78 is 5.42. The number of rotatable bonds is 6. The Morgan fingerprint density at radius 1 is 0.800 bits per heavy atom. The number of halogens is 3. The normalized spacial score (nSPS) is 10.6. The van der Waals surface area contributed by atoms with Crippen molar-refractivity contribution in [2.45, 2.75) is 6.54 Å². The molecule has 0 aliphatic carbocycles. The molecule has 0 aliphatic heterocycles. The third-order valence-corrected chi connectivity index (χ3v) is 5.11. The van der Waals surface area contributed by atoms with E-state index in [4.69, 9.17) is 39.2 Å². The van der Waals surface area contributed by atoms with E-state index < -0.39 is 23.6 Å². The predicted octanol–water partition coefficient (Wildman–Crippen LogP) is 3.58. The summed E-state index contributed by atoms with van der Waals surface area (Å²) in [7, 11) is 0. The maximum absolute atomic E-state index is 12.0. The van der Waals surface area contributed by atoms with Crippen LogP contribution in [0.5, 0.6) is 0 Å². The number of benzene rings is 2. The lowest BCUT2D eigenvalue weighted by atomic mass is 10.3. The summed E-state index contributed by atoms with van der Waals surface area (Å²) in [4.78, 5) is 47.7. The number of carbonyl (C=O) groups is 4. The molecule has 0 saturated carbocycles. The lowest BCUT2D eigenvalue weighted by Crippen LogP contribution is -2.34. The van der Waals surface area contributed by atoms with Crippen LogP contribution in [0.25, 0.3) is 0 Å². The van der Waals surface area contributed by atoms with Crippen LogP contribution in [-0.4, -0.2) is 29.8 Å². The first-order chi connectivity index (χ1) is 16.7. The lowest BCUT2D eigenvalue weighted by Gasteiger charge is -2.06. The molecule has 0 saturated heterocycles. The lowest BCUT2D eigenvalue weighted by molar-refractivity contribution is -0.136. The molecular formula is C22H16Cl3N5O5. The van der Waals surface area contributed by atoms with Crippen LogP contribution in [-0.2, 0) is 25.7 Å². The van der Waals surface area contributed by atoms with Gasteiger partial charge in [-0.15, -0.1) is 0 Å². The van der Waals surface area contributed by atoms with Crippen LogP contribution in [0.4, 0.5) is 11.4 Å². The Hall–Kier alpha value is -3.86. The minimum absolute atomic E-state index is 0.0874. The average molecular weight is 537 g/mol.